The van der Waals surface area contributed by atoms with Gasteiger partial charge in [-0.2, -0.15) is 0 Å². The van der Waals surface area contributed by atoms with Crippen molar-refractivity contribution >= 4 is 18.0 Å². The molecule has 0 saturated carbocycles. The molecule has 0 spiro atoms. The Morgan fingerprint density at radius 1 is 1.44 bits per heavy atom. The van der Waals surface area contributed by atoms with E-state index in [1.54, 1.807) is 12.3 Å². The van der Waals surface area contributed by atoms with E-state index in [1.165, 1.54) is 0 Å². The Labute approximate surface area is 161 Å². The van der Waals surface area contributed by atoms with Gasteiger partial charge in [0.05, 0.1) is 12.6 Å². The SMILES string of the molecule is C#C[C@H]1CC[C@@H](C)N1C(=O)CNC1(C)CCN(c2cc(C=O)ccn2)CC1. The van der Waals surface area contributed by atoms with Crippen molar-refractivity contribution in [2.75, 3.05) is 24.5 Å². The standard InChI is InChI=1S/C21H28N4O2/c1-4-18-6-5-16(2)25(18)20(27)14-23-21(3)8-11-24(12-9-21)19-13-17(15-26)7-10-22-19/h1,7,10,13,15-16,18,23H,5-6,8-9,11-12,14H2,2-3H3/t16-,18+/m1/s1. The fraction of sp³-hybridized carbons (Fsp3) is 0.571. The first-order chi connectivity index (χ1) is 13.0. The largest absolute Gasteiger partial charge is 0.356 e. The summed E-state index contributed by atoms with van der Waals surface area (Å²) >= 11 is 0. The van der Waals surface area contributed by atoms with Crippen LogP contribution in [0.2, 0.25) is 0 Å². The van der Waals surface area contributed by atoms with Crippen molar-refractivity contribution in [3.8, 4) is 12.3 Å². The van der Waals surface area contributed by atoms with Gasteiger partial charge in [0.25, 0.3) is 0 Å². The van der Waals surface area contributed by atoms with E-state index >= 15 is 0 Å². The zero-order valence-electron chi connectivity index (χ0n) is 16.1. The van der Waals surface area contributed by atoms with Crippen molar-refractivity contribution < 1.29 is 9.59 Å². The molecule has 1 aromatic rings. The maximum absolute atomic E-state index is 12.7. The molecule has 0 aliphatic carbocycles. The molecule has 2 saturated heterocycles. The lowest BCUT2D eigenvalue weighted by molar-refractivity contribution is -0.132. The van der Waals surface area contributed by atoms with Crippen molar-refractivity contribution in [2.45, 2.75) is 57.2 Å². The van der Waals surface area contributed by atoms with Crippen LogP contribution in [0.5, 0.6) is 0 Å². The third-order valence-electron chi connectivity index (χ3n) is 5.91. The lowest BCUT2D eigenvalue weighted by atomic mass is 9.89. The molecule has 2 aliphatic heterocycles. The molecule has 144 valence electrons. The molecule has 27 heavy (non-hydrogen) atoms. The second kappa shape index (κ2) is 8.10. The van der Waals surface area contributed by atoms with Crippen molar-refractivity contribution in [3.05, 3.63) is 23.9 Å². The summed E-state index contributed by atoms with van der Waals surface area (Å²) in [6.45, 7) is 6.22. The molecule has 0 aromatic carbocycles. The number of nitrogens with one attached hydrogen (secondary N) is 1. The van der Waals surface area contributed by atoms with Gasteiger partial charge in [0.15, 0.2) is 0 Å². The highest BCUT2D eigenvalue weighted by Crippen LogP contribution is 2.26. The number of aromatic nitrogens is 1. The van der Waals surface area contributed by atoms with Crippen molar-refractivity contribution in [1.82, 2.24) is 15.2 Å². The number of likely N-dealkylation sites (tertiary alicyclic amines) is 1. The number of aldehydes is 1. The molecule has 3 rings (SSSR count). The predicted octanol–water partition coefficient (Wildman–Crippen LogP) is 1.86. The molecule has 6 heteroatoms. The number of carbonyl (C=O) groups excluding carboxylic acids is 2. The Balaban J connectivity index is 1.54. The zero-order chi connectivity index (χ0) is 19.4. The van der Waals surface area contributed by atoms with Gasteiger partial charge in [0.1, 0.15) is 12.1 Å². The summed E-state index contributed by atoms with van der Waals surface area (Å²) in [5.74, 6) is 3.67. The second-order valence-corrected chi connectivity index (χ2v) is 7.88. The maximum Gasteiger partial charge on any atom is 0.237 e. The van der Waals surface area contributed by atoms with Crippen LogP contribution in [-0.4, -0.2) is 59.3 Å². The van der Waals surface area contributed by atoms with Crippen LogP contribution in [0.1, 0.15) is 49.9 Å². The van der Waals surface area contributed by atoms with Crippen LogP contribution in [0.4, 0.5) is 5.82 Å². The second-order valence-electron chi connectivity index (χ2n) is 7.88. The van der Waals surface area contributed by atoms with E-state index in [1.807, 2.05) is 11.0 Å². The number of piperidine rings is 1. The van der Waals surface area contributed by atoms with Gasteiger partial charge < -0.3 is 15.1 Å². The van der Waals surface area contributed by atoms with Crippen LogP contribution in [-0.2, 0) is 4.79 Å². The number of hydrogen-bond acceptors (Lipinski definition) is 5. The summed E-state index contributed by atoms with van der Waals surface area (Å²) in [6, 6.07) is 3.67. The normalized spacial score (nSPS) is 24.5. The van der Waals surface area contributed by atoms with Gasteiger partial charge in [-0.1, -0.05) is 5.92 Å². The number of amides is 1. The van der Waals surface area contributed by atoms with E-state index in [-0.39, 0.29) is 23.5 Å². The summed E-state index contributed by atoms with van der Waals surface area (Å²) in [5, 5.41) is 3.47. The first-order valence-corrected chi connectivity index (χ1v) is 9.64. The number of terminal acetylenes is 1. The Morgan fingerprint density at radius 3 is 2.85 bits per heavy atom. The van der Waals surface area contributed by atoms with E-state index in [0.717, 1.165) is 50.9 Å². The Morgan fingerprint density at radius 2 is 2.19 bits per heavy atom. The summed E-state index contributed by atoms with van der Waals surface area (Å²) in [5.41, 5.74) is 0.545. The Hall–Kier alpha value is -2.39. The van der Waals surface area contributed by atoms with Crippen LogP contribution in [0.15, 0.2) is 18.3 Å². The molecule has 0 unspecified atom stereocenters. The molecule has 1 aromatic heterocycles. The highest BCUT2D eigenvalue weighted by atomic mass is 16.2. The van der Waals surface area contributed by atoms with Gasteiger partial charge in [0.2, 0.25) is 5.91 Å². The monoisotopic (exact) mass is 368 g/mol. The summed E-state index contributed by atoms with van der Waals surface area (Å²) in [4.78, 5) is 32.1. The molecule has 2 atom stereocenters. The first-order valence-electron chi connectivity index (χ1n) is 9.64. The fourth-order valence-electron chi connectivity index (χ4n) is 4.03. The number of carbonyl (C=O) groups is 2. The fourth-order valence-corrected chi connectivity index (χ4v) is 4.03. The van der Waals surface area contributed by atoms with E-state index in [9.17, 15) is 9.59 Å². The number of nitrogens with zero attached hydrogens (tertiary/aromatic N) is 3. The number of pyridine rings is 1. The van der Waals surface area contributed by atoms with E-state index in [4.69, 9.17) is 6.42 Å². The molecule has 1 N–H and O–H groups in total. The van der Waals surface area contributed by atoms with Crippen LogP contribution in [0, 0.1) is 12.3 Å². The van der Waals surface area contributed by atoms with Gasteiger partial charge in [-0.15, -0.1) is 6.42 Å². The molecular weight excluding hydrogens is 340 g/mol. The molecule has 0 bridgehead atoms. The first kappa shape index (κ1) is 19.4. The van der Waals surface area contributed by atoms with Crippen LogP contribution in [0.25, 0.3) is 0 Å². The van der Waals surface area contributed by atoms with E-state index in [0.29, 0.717) is 12.1 Å². The lowest BCUT2D eigenvalue weighted by Crippen LogP contribution is -2.55. The predicted molar refractivity (Wildman–Crippen MR) is 106 cm³/mol. The molecular formula is C21H28N4O2. The van der Waals surface area contributed by atoms with Gasteiger partial charge in [-0.3, -0.25) is 9.59 Å². The average molecular weight is 368 g/mol. The zero-order valence-corrected chi connectivity index (χ0v) is 16.1. The molecule has 3 heterocycles. The van der Waals surface area contributed by atoms with Crippen molar-refractivity contribution in [2.24, 2.45) is 0 Å². The highest BCUT2D eigenvalue weighted by molar-refractivity contribution is 5.80. The van der Waals surface area contributed by atoms with Crippen molar-refractivity contribution in [1.29, 1.82) is 0 Å². The molecule has 2 fully saturated rings. The topological polar surface area (TPSA) is 65.5 Å². The van der Waals surface area contributed by atoms with Gasteiger partial charge in [-0.05, 0) is 51.7 Å². The third-order valence-corrected chi connectivity index (χ3v) is 5.91. The van der Waals surface area contributed by atoms with Crippen LogP contribution < -0.4 is 10.2 Å². The maximum atomic E-state index is 12.7. The summed E-state index contributed by atoms with van der Waals surface area (Å²) in [6.07, 6.45) is 11.8. The third kappa shape index (κ3) is 4.30. The summed E-state index contributed by atoms with van der Waals surface area (Å²) in [7, 11) is 0. The molecule has 0 radical (unpaired) electrons. The number of hydrogen-bond donors (Lipinski definition) is 1. The highest BCUT2D eigenvalue weighted by Gasteiger charge is 2.35. The minimum atomic E-state index is -0.0942. The number of rotatable bonds is 5. The molecule has 6 nitrogen and oxygen atoms in total. The van der Waals surface area contributed by atoms with Crippen molar-refractivity contribution in [3.63, 3.8) is 0 Å². The quantitative estimate of drug-likeness (QED) is 0.635. The lowest BCUT2D eigenvalue weighted by Gasteiger charge is -2.41. The van der Waals surface area contributed by atoms with Crippen LogP contribution in [0.3, 0.4) is 0 Å². The van der Waals surface area contributed by atoms with Gasteiger partial charge in [-0.25, -0.2) is 4.98 Å². The minimum Gasteiger partial charge on any atom is -0.356 e. The smallest absolute Gasteiger partial charge is 0.237 e. The summed E-state index contributed by atoms with van der Waals surface area (Å²) < 4.78 is 0. The van der Waals surface area contributed by atoms with E-state index < -0.39 is 0 Å². The Bertz CT molecular complexity index is 734. The van der Waals surface area contributed by atoms with Crippen LogP contribution >= 0.6 is 0 Å². The van der Waals surface area contributed by atoms with Gasteiger partial charge >= 0.3 is 0 Å². The van der Waals surface area contributed by atoms with Gasteiger partial charge in [0, 0.05) is 36.4 Å². The number of anilines is 1. The minimum absolute atomic E-state index is 0.0693. The van der Waals surface area contributed by atoms with E-state index in [2.05, 4.69) is 35.0 Å². The molecule has 2 aliphatic rings. The Kier molecular flexibility index (Phi) is 5.81. The average Bonchev–Trinajstić information content (AvgIpc) is 3.07. The molecule has 1 amide bonds.